The van der Waals surface area contributed by atoms with Gasteiger partial charge in [-0.05, 0) is 0 Å². The van der Waals surface area contributed by atoms with E-state index in [2.05, 4.69) is 14.5 Å². The number of nitro groups is 1. The fourth-order valence-electron chi connectivity index (χ4n) is 1.12. The molecule has 11 heteroatoms. The number of methoxy groups -OCH3 is 1. The molecule has 1 aromatic heterocycles. The van der Waals surface area contributed by atoms with Gasteiger partial charge >= 0.3 is 12.3 Å². The van der Waals surface area contributed by atoms with Crippen LogP contribution >= 0.6 is 0 Å². The highest BCUT2D eigenvalue weighted by atomic mass is 19.4. The largest absolute Gasteiger partial charge is 0.574 e. The third kappa shape index (κ3) is 3.43. The molecule has 0 saturated heterocycles. The summed E-state index contributed by atoms with van der Waals surface area (Å²) < 4.78 is 44.1. The highest BCUT2D eigenvalue weighted by Crippen LogP contribution is 2.33. The molecular weight excluding hydrogens is 277 g/mol. The van der Waals surface area contributed by atoms with E-state index in [4.69, 9.17) is 5.11 Å². The maximum Gasteiger partial charge on any atom is 0.574 e. The summed E-state index contributed by atoms with van der Waals surface area (Å²) in [6.45, 7) is 0. The molecule has 1 rings (SSSR count). The molecule has 0 aromatic carbocycles. The number of hydrogen-bond donors (Lipinski definition) is 1. The standard InChI is InChI=1S/C8H5F3N2O6/c1-18-4-2-3(13(16)17)5(7(14)15)6(12-4)19-8(9,10)11/h2H,1H3,(H,14,15). The highest BCUT2D eigenvalue weighted by molar-refractivity contribution is 5.95. The Morgan fingerprint density at radius 1 is 1.53 bits per heavy atom. The van der Waals surface area contributed by atoms with Crippen molar-refractivity contribution in [1.82, 2.24) is 4.98 Å². The third-order valence-electron chi connectivity index (χ3n) is 1.77. The van der Waals surface area contributed by atoms with E-state index in [0.717, 1.165) is 7.11 Å². The van der Waals surface area contributed by atoms with Crippen LogP contribution in [0.25, 0.3) is 0 Å². The molecular formula is C8H5F3N2O6. The summed E-state index contributed by atoms with van der Waals surface area (Å²) >= 11 is 0. The average Bonchev–Trinajstić information content (AvgIpc) is 2.24. The summed E-state index contributed by atoms with van der Waals surface area (Å²) in [4.78, 5) is 23.3. The first-order valence-corrected chi connectivity index (χ1v) is 4.38. The highest BCUT2D eigenvalue weighted by Gasteiger charge is 2.37. The van der Waals surface area contributed by atoms with Crippen LogP contribution < -0.4 is 9.47 Å². The van der Waals surface area contributed by atoms with E-state index < -0.39 is 40.3 Å². The van der Waals surface area contributed by atoms with Crippen molar-refractivity contribution in [2.45, 2.75) is 6.36 Å². The zero-order chi connectivity index (χ0) is 14.8. The van der Waals surface area contributed by atoms with Crippen molar-refractivity contribution in [3.05, 3.63) is 21.7 Å². The van der Waals surface area contributed by atoms with Gasteiger partial charge in [0.05, 0.1) is 18.1 Å². The second-order valence-corrected chi connectivity index (χ2v) is 2.97. The van der Waals surface area contributed by atoms with Gasteiger partial charge in [0, 0.05) is 0 Å². The Labute approximate surface area is 102 Å². The molecule has 0 amide bonds. The van der Waals surface area contributed by atoms with Gasteiger partial charge in [0.2, 0.25) is 11.8 Å². The fourth-order valence-corrected chi connectivity index (χ4v) is 1.12. The summed E-state index contributed by atoms with van der Waals surface area (Å²) in [5.74, 6) is -4.04. The predicted molar refractivity (Wildman–Crippen MR) is 51.1 cm³/mol. The van der Waals surface area contributed by atoms with Crippen LogP contribution in [0.3, 0.4) is 0 Å². The number of alkyl halides is 3. The van der Waals surface area contributed by atoms with E-state index in [1.54, 1.807) is 0 Å². The number of halogens is 3. The van der Waals surface area contributed by atoms with Crippen LogP contribution in [-0.2, 0) is 0 Å². The minimum atomic E-state index is -5.25. The first-order chi connectivity index (χ1) is 8.65. The number of carbonyl (C=O) groups is 1. The van der Waals surface area contributed by atoms with Gasteiger partial charge < -0.3 is 14.6 Å². The molecule has 104 valence electrons. The van der Waals surface area contributed by atoms with Crippen LogP contribution in [0.4, 0.5) is 18.9 Å². The Balaban J connectivity index is 3.53. The maximum absolute atomic E-state index is 12.1. The van der Waals surface area contributed by atoms with Crippen LogP contribution in [0.2, 0.25) is 0 Å². The summed E-state index contributed by atoms with van der Waals surface area (Å²) in [5, 5.41) is 19.4. The molecule has 0 spiro atoms. The van der Waals surface area contributed by atoms with Gasteiger partial charge in [-0.25, -0.2) is 4.79 Å². The molecule has 0 unspecified atom stereocenters. The number of pyridine rings is 1. The van der Waals surface area contributed by atoms with Crippen LogP contribution in [-0.4, -0.2) is 34.5 Å². The average molecular weight is 282 g/mol. The number of nitrogens with zero attached hydrogens (tertiary/aromatic N) is 2. The zero-order valence-corrected chi connectivity index (χ0v) is 9.09. The molecule has 1 heterocycles. The number of aromatic nitrogens is 1. The second kappa shape index (κ2) is 4.96. The van der Waals surface area contributed by atoms with Crippen molar-refractivity contribution >= 4 is 11.7 Å². The molecule has 1 aromatic rings. The quantitative estimate of drug-likeness (QED) is 0.659. The minimum absolute atomic E-state index is 0.576. The molecule has 0 radical (unpaired) electrons. The van der Waals surface area contributed by atoms with Crippen molar-refractivity contribution in [2.24, 2.45) is 0 Å². The number of hydrogen-bond acceptors (Lipinski definition) is 6. The van der Waals surface area contributed by atoms with Crippen molar-refractivity contribution in [3.63, 3.8) is 0 Å². The van der Waals surface area contributed by atoms with Gasteiger partial charge in [0.1, 0.15) is 0 Å². The molecule has 19 heavy (non-hydrogen) atoms. The van der Waals surface area contributed by atoms with Crippen LogP contribution in [0.1, 0.15) is 10.4 Å². The lowest BCUT2D eigenvalue weighted by atomic mass is 10.2. The number of rotatable bonds is 4. The topological polar surface area (TPSA) is 112 Å². The van der Waals surface area contributed by atoms with Gasteiger partial charge in [-0.1, -0.05) is 0 Å². The van der Waals surface area contributed by atoms with E-state index in [-0.39, 0.29) is 0 Å². The maximum atomic E-state index is 12.1. The van der Waals surface area contributed by atoms with E-state index in [9.17, 15) is 28.1 Å². The Morgan fingerprint density at radius 2 is 2.11 bits per heavy atom. The van der Waals surface area contributed by atoms with Crippen molar-refractivity contribution in [2.75, 3.05) is 7.11 Å². The van der Waals surface area contributed by atoms with Crippen molar-refractivity contribution in [3.8, 4) is 11.8 Å². The number of carboxylic acids is 1. The lowest BCUT2D eigenvalue weighted by Crippen LogP contribution is -2.21. The molecule has 0 aliphatic rings. The summed E-state index contributed by atoms with van der Waals surface area (Å²) in [5.41, 5.74) is -2.44. The second-order valence-electron chi connectivity index (χ2n) is 2.97. The molecule has 8 nitrogen and oxygen atoms in total. The SMILES string of the molecule is COc1cc([N+](=O)[O-])c(C(=O)O)c(OC(F)(F)F)n1. The Hall–Kier alpha value is -2.59. The lowest BCUT2D eigenvalue weighted by molar-refractivity contribution is -0.385. The molecule has 0 saturated carbocycles. The smallest absolute Gasteiger partial charge is 0.481 e. The first kappa shape index (κ1) is 14.5. The molecule has 0 aliphatic carbocycles. The van der Waals surface area contributed by atoms with Gasteiger partial charge in [-0.3, -0.25) is 10.1 Å². The molecule has 0 bridgehead atoms. The number of aromatic carboxylic acids is 1. The first-order valence-electron chi connectivity index (χ1n) is 4.38. The van der Waals surface area contributed by atoms with Crippen LogP contribution in [0.15, 0.2) is 6.07 Å². The van der Waals surface area contributed by atoms with Gasteiger partial charge in [0.15, 0.2) is 5.56 Å². The summed E-state index contributed by atoms with van der Waals surface area (Å²) in [6.07, 6.45) is -5.25. The normalized spacial score (nSPS) is 10.9. The third-order valence-corrected chi connectivity index (χ3v) is 1.77. The minimum Gasteiger partial charge on any atom is -0.481 e. The fraction of sp³-hybridized carbons (Fsp3) is 0.250. The van der Waals surface area contributed by atoms with Crippen LogP contribution in [0, 0.1) is 10.1 Å². The molecule has 0 fully saturated rings. The van der Waals surface area contributed by atoms with E-state index in [0.29, 0.717) is 6.07 Å². The molecule has 0 aliphatic heterocycles. The Kier molecular flexibility index (Phi) is 3.77. The Bertz CT molecular complexity index is 530. The van der Waals surface area contributed by atoms with Gasteiger partial charge in [-0.2, -0.15) is 4.98 Å². The van der Waals surface area contributed by atoms with E-state index in [1.165, 1.54) is 0 Å². The zero-order valence-electron chi connectivity index (χ0n) is 9.09. The summed E-state index contributed by atoms with van der Waals surface area (Å²) in [7, 11) is 0.990. The van der Waals surface area contributed by atoms with Crippen molar-refractivity contribution < 1.29 is 37.5 Å². The van der Waals surface area contributed by atoms with Crippen LogP contribution in [0.5, 0.6) is 11.8 Å². The van der Waals surface area contributed by atoms with E-state index in [1.807, 2.05) is 0 Å². The molecule has 0 atom stereocenters. The van der Waals surface area contributed by atoms with Gasteiger partial charge in [-0.15, -0.1) is 13.2 Å². The lowest BCUT2D eigenvalue weighted by Gasteiger charge is -2.11. The Morgan fingerprint density at radius 3 is 2.47 bits per heavy atom. The van der Waals surface area contributed by atoms with Gasteiger partial charge in [0.25, 0.3) is 5.69 Å². The predicted octanol–water partition coefficient (Wildman–Crippen LogP) is 1.60. The monoisotopic (exact) mass is 282 g/mol. The summed E-state index contributed by atoms with van der Waals surface area (Å²) in [6, 6.07) is 0.576. The van der Waals surface area contributed by atoms with E-state index >= 15 is 0 Å². The van der Waals surface area contributed by atoms with Crippen molar-refractivity contribution in [1.29, 1.82) is 0 Å². The molecule has 1 N–H and O–H groups in total. The number of carboxylic acid groups (broad SMARTS) is 1. The number of ether oxygens (including phenoxy) is 2.